The van der Waals surface area contributed by atoms with Crippen molar-refractivity contribution in [3.8, 4) is 11.4 Å². The summed E-state index contributed by atoms with van der Waals surface area (Å²) in [6, 6.07) is 12.3. The van der Waals surface area contributed by atoms with Crippen molar-refractivity contribution >= 4 is 29.0 Å². The van der Waals surface area contributed by atoms with E-state index in [9.17, 15) is 9.59 Å². The number of nitrogens with zero attached hydrogens (tertiary/aromatic N) is 2. The second-order valence-electron chi connectivity index (χ2n) is 6.22. The Morgan fingerprint density at radius 1 is 1.21 bits per heavy atom. The number of aromatic nitrogens is 2. The number of carbonyl (C=O) groups is 2. The number of halogens is 1. The largest absolute Gasteiger partial charge is 0.494 e. The fourth-order valence-corrected chi connectivity index (χ4v) is 2.92. The van der Waals surface area contributed by atoms with Gasteiger partial charge in [-0.3, -0.25) is 9.59 Å². The number of amides is 1. The smallest absolute Gasteiger partial charge is 0.224 e. The summed E-state index contributed by atoms with van der Waals surface area (Å²) in [6.45, 7) is 1.90. The van der Waals surface area contributed by atoms with E-state index in [1.165, 1.54) is 6.92 Å². The van der Waals surface area contributed by atoms with Gasteiger partial charge in [0.25, 0.3) is 0 Å². The molecule has 0 unspecified atom stereocenters. The lowest BCUT2D eigenvalue weighted by atomic mass is 10.1. The van der Waals surface area contributed by atoms with Crippen LogP contribution in [-0.4, -0.2) is 27.8 Å². The molecule has 0 fully saturated rings. The molecule has 1 amide bonds. The fraction of sp³-hybridized carbons (Fsp3) is 0.190. The van der Waals surface area contributed by atoms with Crippen LogP contribution in [0.5, 0.6) is 5.75 Å². The minimum atomic E-state index is -0.118. The van der Waals surface area contributed by atoms with E-state index in [4.69, 9.17) is 16.3 Å². The summed E-state index contributed by atoms with van der Waals surface area (Å²) in [5.74, 6) is 0.491. The molecule has 0 aliphatic carbocycles. The predicted octanol–water partition coefficient (Wildman–Crippen LogP) is 4.53. The fourth-order valence-electron chi connectivity index (χ4n) is 2.65. The van der Waals surface area contributed by atoms with E-state index in [0.717, 1.165) is 5.69 Å². The first-order chi connectivity index (χ1) is 13.5. The second kappa shape index (κ2) is 9.19. The lowest BCUT2D eigenvalue weighted by molar-refractivity contribution is -0.116. The summed E-state index contributed by atoms with van der Waals surface area (Å²) in [5, 5.41) is 3.35. The molecule has 1 heterocycles. The normalized spacial score (nSPS) is 10.5. The van der Waals surface area contributed by atoms with Crippen LogP contribution in [0.2, 0.25) is 5.02 Å². The molecule has 0 radical (unpaired) electrons. The van der Waals surface area contributed by atoms with Crippen LogP contribution >= 0.6 is 11.6 Å². The van der Waals surface area contributed by atoms with Crippen molar-refractivity contribution in [1.29, 1.82) is 0 Å². The van der Waals surface area contributed by atoms with E-state index in [1.807, 2.05) is 6.07 Å². The summed E-state index contributed by atoms with van der Waals surface area (Å²) >= 11 is 6.29. The first-order valence-corrected chi connectivity index (χ1v) is 9.22. The van der Waals surface area contributed by atoms with Crippen LogP contribution in [-0.2, 0) is 4.79 Å². The highest BCUT2D eigenvalue weighted by Crippen LogP contribution is 2.24. The van der Waals surface area contributed by atoms with Gasteiger partial charge in [-0.05, 0) is 43.7 Å². The Hall–Kier alpha value is -3.12. The summed E-state index contributed by atoms with van der Waals surface area (Å²) in [4.78, 5) is 27.5. The van der Waals surface area contributed by atoms with Crippen LogP contribution < -0.4 is 10.1 Å². The van der Waals surface area contributed by atoms with Crippen LogP contribution in [0.15, 0.2) is 61.2 Å². The van der Waals surface area contributed by atoms with Gasteiger partial charge in [0.1, 0.15) is 5.75 Å². The molecule has 0 saturated carbocycles. The molecule has 0 atom stereocenters. The molecule has 3 aromatic rings. The Morgan fingerprint density at radius 2 is 2.07 bits per heavy atom. The minimum Gasteiger partial charge on any atom is -0.494 e. The van der Waals surface area contributed by atoms with E-state index >= 15 is 0 Å². The minimum absolute atomic E-state index is 0.0115. The number of Topliss-reactive ketones (excluding diaryl/α,β-unsaturated/α-hetero) is 1. The summed E-state index contributed by atoms with van der Waals surface area (Å²) in [5.41, 5.74) is 2.03. The number of hydrogen-bond donors (Lipinski definition) is 1. The third kappa shape index (κ3) is 5.20. The molecule has 6 nitrogen and oxygen atoms in total. The summed E-state index contributed by atoms with van der Waals surface area (Å²) in [7, 11) is 0. The van der Waals surface area contributed by atoms with Crippen LogP contribution in [0.25, 0.3) is 5.69 Å². The first-order valence-electron chi connectivity index (χ1n) is 8.84. The SMILES string of the molecule is CC(=O)c1cccc(OCCCC(=O)Nc2ccc(-n3ccnc3)c(Cl)c2)c1. The molecule has 144 valence electrons. The molecule has 2 aromatic carbocycles. The quantitative estimate of drug-likeness (QED) is 0.447. The topological polar surface area (TPSA) is 73.2 Å². The maximum Gasteiger partial charge on any atom is 0.224 e. The molecule has 1 N–H and O–H groups in total. The van der Waals surface area contributed by atoms with Crippen LogP contribution in [0.3, 0.4) is 0 Å². The molecule has 7 heteroatoms. The maximum atomic E-state index is 12.1. The van der Waals surface area contributed by atoms with Gasteiger partial charge in [0.2, 0.25) is 5.91 Å². The molecule has 0 aliphatic heterocycles. The zero-order valence-electron chi connectivity index (χ0n) is 15.4. The van der Waals surface area contributed by atoms with Gasteiger partial charge >= 0.3 is 0 Å². The number of rotatable bonds is 8. The Morgan fingerprint density at radius 3 is 2.79 bits per heavy atom. The molecule has 0 spiro atoms. The Kier molecular flexibility index (Phi) is 6.45. The molecule has 0 saturated heterocycles. The highest BCUT2D eigenvalue weighted by molar-refractivity contribution is 6.32. The molecular weight excluding hydrogens is 378 g/mol. The van der Waals surface area contributed by atoms with Crippen molar-refractivity contribution in [3.63, 3.8) is 0 Å². The van der Waals surface area contributed by atoms with Gasteiger partial charge in [-0.1, -0.05) is 23.7 Å². The highest BCUT2D eigenvalue weighted by Gasteiger charge is 2.07. The number of nitrogens with one attached hydrogen (secondary N) is 1. The van der Waals surface area contributed by atoms with E-state index < -0.39 is 0 Å². The highest BCUT2D eigenvalue weighted by atomic mass is 35.5. The summed E-state index contributed by atoms with van der Waals surface area (Å²) < 4.78 is 7.41. The number of carbonyl (C=O) groups excluding carboxylic acids is 2. The predicted molar refractivity (Wildman–Crippen MR) is 108 cm³/mol. The van der Waals surface area contributed by atoms with Crippen molar-refractivity contribution < 1.29 is 14.3 Å². The van der Waals surface area contributed by atoms with Crippen LogP contribution in [0.1, 0.15) is 30.1 Å². The standard InChI is InChI=1S/C21H20ClN3O3/c1-15(26)16-4-2-5-18(12-16)28-11-3-6-21(27)24-17-7-8-20(19(22)13-17)25-10-9-23-14-25/h2,4-5,7-10,12-14H,3,6,11H2,1H3,(H,24,27). The van der Waals surface area contributed by atoms with Gasteiger partial charge in [0.05, 0.1) is 23.6 Å². The molecule has 0 aliphatic rings. The molecule has 0 bridgehead atoms. The van der Waals surface area contributed by atoms with E-state index in [-0.39, 0.29) is 11.7 Å². The Balaban J connectivity index is 1.46. The van der Waals surface area contributed by atoms with Gasteiger partial charge in [-0.2, -0.15) is 0 Å². The van der Waals surface area contributed by atoms with Crippen molar-refractivity contribution in [2.45, 2.75) is 19.8 Å². The number of ether oxygens (including phenoxy) is 1. The van der Waals surface area contributed by atoms with Crippen molar-refractivity contribution in [2.24, 2.45) is 0 Å². The third-order valence-electron chi connectivity index (χ3n) is 4.07. The Bertz CT molecular complexity index is 971. The zero-order chi connectivity index (χ0) is 19.9. The third-order valence-corrected chi connectivity index (χ3v) is 4.37. The number of benzene rings is 2. The van der Waals surface area contributed by atoms with Gasteiger partial charge in [0, 0.05) is 30.1 Å². The van der Waals surface area contributed by atoms with Crippen LogP contribution in [0.4, 0.5) is 5.69 Å². The molecule has 28 heavy (non-hydrogen) atoms. The van der Waals surface area contributed by atoms with Gasteiger partial charge in [0.15, 0.2) is 5.78 Å². The second-order valence-corrected chi connectivity index (χ2v) is 6.63. The Labute approximate surface area is 168 Å². The number of ketones is 1. The lowest BCUT2D eigenvalue weighted by Gasteiger charge is -2.10. The average Bonchev–Trinajstić information content (AvgIpc) is 3.20. The maximum absolute atomic E-state index is 12.1. The lowest BCUT2D eigenvalue weighted by Crippen LogP contribution is -2.13. The monoisotopic (exact) mass is 397 g/mol. The van der Waals surface area contributed by atoms with E-state index in [0.29, 0.717) is 41.5 Å². The van der Waals surface area contributed by atoms with Gasteiger partial charge in [-0.15, -0.1) is 0 Å². The molecule has 1 aromatic heterocycles. The van der Waals surface area contributed by atoms with Crippen molar-refractivity contribution in [3.05, 3.63) is 71.8 Å². The first kappa shape index (κ1) is 19.6. The number of anilines is 1. The van der Waals surface area contributed by atoms with Crippen LogP contribution in [0, 0.1) is 0 Å². The van der Waals surface area contributed by atoms with E-state index in [1.54, 1.807) is 59.7 Å². The van der Waals surface area contributed by atoms with Gasteiger partial charge < -0.3 is 14.6 Å². The zero-order valence-corrected chi connectivity index (χ0v) is 16.1. The van der Waals surface area contributed by atoms with Gasteiger partial charge in [-0.25, -0.2) is 4.98 Å². The summed E-state index contributed by atoms with van der Waals surface area (Å²) in [6.07, 6.45) is 5.99. The average molecular weight is 398 g/mol. The molecular formula is C21H20ClN3O3. The number of hydrogen-bond acceptors (Lipinski definition) is 4. The van der Waals surface area contributed by atoms with E-state index in [2.05, 4.69) is 10.3 Å². The number of imidazole rings is 1. The molecule has 3 rings (SSSR count). The van der Waals surface area contributed by atoms with Crippen molar-refractivity contribution in [1.82, 2.24) is 9.55 Å². The van der Waals surface area contributed by atoms with Crippen molar-refractivity contribution in [2.75, 3.05) is 11.9 Å².